The number of rotatable bonds is 10. The summed E-state index contributed by atoms with van der Waals surface area (Å²) in [5.41, 5.74) is 8.20. The number of thiazole rings is 1. The van der Waals surface area contributed by atoms with Crippen LogP contribution in [-0.4, -0.2) is 29.6 Å². The van der Waals surface area contributed by atoms with E-state index >= 15 is 0 Å². The first-order valence-electron chi connectivity index (χ1n) is 10.1. The summed E-state index contributed by atoms with van der Waals surface area (Å²) in [4.78, 5) is 29.5. The second kappa shape index (κ2) is 11.8. The van der Waals surface area contributed by atoms with Crippen LogP contribution in [0.3, 0.4) is 0 Å². The number of nitrogens with two attached hydrogens (primary N) is 1. The Morgan fingerprint density at radius 1 is 1.03 bits per heavy atom. The molecule has 8 heteroatoms. The van der Waals surface area contributed by atoms with Crippen molar-refractivity contribution in [2.24, 2.45) is 5.73 Å². The molecule has 0 radical (unpaired) electrons. The largest absolute Gasteiger partial charge is 0.445 e. The second-order valence-corrected chi connectivity index (χ2v) is 7.79. The first kappa shape index (κ1) is 22.5. The van der Waals surface area contributed by atoms with Crippen molar-refractivity contribution in [2.75, 3.05) is 11.9 Å². The number of carbonyl (C=O) groups is 2. The van der Waals surface area contributed by atoms with Crippen molar-refractivity contribution in [3.8, 4) is 11.3 Å². The Morgan fingerprint density at radius 3 is 2.45 bits per heavy atom. The molecule has 0 aliphatic rings. The van der Waals surface area contributed by atoms with E-state index in [1.165, 1.54) is 11.3 Å². The molecule has 0 saturated heterocycles. The number of carbonyl (C=O) groups excluding carboxylic acids is 2. The summed E-state index contributed by atoms with van der Waals surface area (Å²) >= 11 is 1.34. The van der Waals surface area contributed by atoms with Gasteiger partial charge in [-0.05, 0) is 31.4 Å². The number of amides is 2. The standard InChI is InChI=1S/C23H26N4O3S/c24-14-8-7-13-19(26-23(29)30-15-17-9-3-1-4-10-17)21(28)27-22-25-20(16-31-22)18-11-5-2-6-12-18/h1-6,9-12,16,19H,7-8,13-15,24H2,(H,26,29)(H,25,27,28)/t19-/m0/s1. The van der Waals surface area contributed by atoms with Crippen LogP contribution in [0.25, 0.3) is 11.3 Å². The number of nitrogens with zero attached hydrogens (tertiary/aromatic N) is 1. The molecule has 162 valence electrons. The Bertz CT molecular complexity index is 963. The lowest BCUT2D eigenvalue weighted by molar-refractivity contribution is -0.118. The maximum Gasteiger partial charge on any atom is 0.408 e. The van der Waals surface area contributed by atoms with Crippen molar-refractivity contribution in [2.45, 2.75) is 31.9 Å². The summed E-state index contributed by atoms with van der Waals surface area (Å²) in [5.74, 6) is -0.331. The molecule has 1 atom stereocenters. The number of benzene rings is 2. The molecule has 0 aliphatic carbocycles. The number of alkyl carbamates (subject to hydrolysis) is 1. The molecule has 1 aromatic heterocycles. The van der Waals surface area contributed by atoms with Gasteiger partial charge in [-0.3, -0.25) is 4.79 Å². The van der Waals surface area contributed by atoms with Gasteiger partial charge in [0.1, 0.15) is 12.6 Å². The Balaban J connectivity index is 1.58. The lowest BCUT2D eigenvalue weighted by atomic mass is 10.1. The second-order valence-electron chi connectivity index (χ2n) is 6.94. The molecular formula is C23H26N4O3S. The normalized spacial score (nSPS) is 11.5. The molecule has 3 rings (SSSR count). The predicted molar refractivity (Wildman–Crippen MR) is 123 cm³/mol. The van der Waals surface area contributed by atoms with Gasteiger partial charge >= 0.3 is 6.09 Å². The van der Waals surface area contributed by atoms with E-state index in [0.717, 1.165) is 23.2 Å². The molecule has 1 heterocycles. The van der Waals surface area contributed by atoms with Gasteiger partial charge < -0.3 is 21.1 Å². The average molecular weight is 439 g/mol. The smallest absolute Gasteiger partial charge is 0.408 e. The molecule has 0 aliphatic heterocycles. The zero-order valence-electron chi connectivity index (χ0n) is 17.1. The molecule has 0 fully saturated rings. The highest BCUT2D eigenvalue weighted by atomic mass is 32.1. The molecule has 0 unspecified atom stereocenters. The minimum absolute atomic E-state index is 0.136. The fourth-order valence-corrected chi connectivity index (χ4v) is 3.66. The van der Waals surface area contributed by atoms with Crippen molar-refractivity contribution in [3.63, 3.8) is 0 Å². The minimum Gasteiger partial charge on any atom is -0.445 e. The van der Waals surface area contributed by atoms with Gasteiger partial charge in [0.15, 0.2) is 5.13 Å². The maximum absolute atomic E-state index is 12.8. The maximum atomic E-state index is 12.8. The number of nitrogens with one attached hydrogen (secondary N) is 2. The average Bonchev–Trinajstić information content (AvgIpc) is 3.27. The predicted octanol–water partition coefficient (Wildman–Crippen LogP) is 4.17. The Morgan fingerprint density at radius 2 is 1.74 bits per heavy atom. The van der Waals surface area contributed by atoms with E-state index in [9.17, 15) is 9.59 Å². The van der Waals surface area contributed by atoms with Crippen LogP contribution in [0.1, 0.15) is 24.8 Å². The van der Waals surface area contributed by atoms with Crippen LogP contribution in [-0.2, 0) is 16.1 Å². The molecule has 2 amide bonds. The Kier molecular flexibility index (Phi) is 8.57. The molecule has 4 N–H and O–H groups in total. The number of hydrogen-bond donors (Lipinski definition) is 3. The van der Waals surface area contributed by atoms with Crippen LogP contribution in [0, 0.1) is 0 Å². The summed E-state index contributed by atoms with van der Waals surface area (Å²) in [6, 6.07) is 18.4. The fourth-order valence-electron chi connectivity index (χ4n) is 2.93. The number of ether oxygens (including phenoxy) is 1. The van der Waals surface area contributed by atoms with Gasteiger partial charge in [0.05, 0.1) is 5.69 Å². The summed E-state index contributed by atoms with van der Waals surface area (Å²) in [6.07, 6.45) is 1.29. The van der Waals surface area contributed by atoms with E-state index in [1.807, 2.05) is 66.0 Å². The van der Waals surface area contributed by atoms with E-state index in [-0.39, 0.29) is 12.5 Å². The third-order valence-corrected chi connectivity index (χ3v) is 5.33. The first-order chi connectivity index (χ1) is 15.2. The highest BCUT2D eigenvalue weighted by Crippen LogP contribution is 2.24. The van der Waals surface area contributed by atoms with Crippen LogP contribution >= 0.6 is 11.3 Å². The molecule has 2 aromatic carbocycles. The summed E-state index contributed by atoms with van der Waals surface area (Å²) in [6.45, 7) is 0.663. The third kappa shape index (κ3) is 7.20. The lowest BCUT2D eigenvalue weighted by Crippen LogP contribution is -2.44. The van der Waals surface area contributed by atoms with Gasteiger partial charge in [0.25, 0.3) is 0 Å². The van der Waals surface area contributed by atoms with Crippen molar-refractivity contribution >= 4 is 28.5 Å². The molecule has 0 bridgehead atoms. The molecule has 3 aromatic rings. The molecule has 0 saturated carbocycles. The van der Waals surface area contributed by atoms with Gasteiger partial charge in [0, 0.05) is 10.9 Å². The SMILES string of the molecule is NCCCC[C@H](NC(=O)OCc1ccccc1)C(=O)Nc1nc(-c2ccccc2)cs1. The first-order valence-corrected chi connectivity index (χ1v) is 11.0. The summed E-state index contributed by atoms with van der Waals surface area (Å²) < 4.78 is 5.26. The van der Waals surface area contributed by atoms with Crippen LogP contribution in [0.4, 0.5) is 9.93 Å². The summed E-state index contributed by atoms with van der Waals surface area (Å²) in [7, 11) is 0. The van der Waals surface area contributed by atoms with E-state index < -0.39 is 12.1 Å². The van der Waals surface area contributed by atoms with E-state index in [4.69, 9.17) is 10.5 Å². The Labute approximate surface area is 185 Å². The highest BCUT2D eigenvalue weighted by molar-refractivity contribution is 7.14. The topological polar surface area (TPSA) is 106 Å². The highest BCUT2D eigenvalue weighted by Gasteiger charge is 2.22. The monoisotopic (exact) mass is 438 g/mol. The van der Waals surface area contributed by atoms with Crippen LogP contribution in [0.2, 0.25) is 0 Å². The molecule has 0 spiro atoms. The zero-order chi connectivity index (χ0) is 21.9. The quantitative estimate of drug-likeness (QED) is 0.412. The van der Waals surface area contributed by atoms with Crippen molar-refractivity contribution < 1.29 is 14.3 Å². The third-order valence-electron chi connectivity index (χ3n) is 4.57. The lowest BCUT2D eigenvalue weighted by Gasteiger charge is -2.17. The van der Waals surface area contributed by atoms with E-state index in [0.29, 0.717) is 24.5 Å². The van der Waals surface area contributed by atoms with Crippen LogP contribution in [0.15, 0.2) is 66.0 Å². The number of aromatic nitrogens is 1. The van der Waals surface area contributed by atoms with Gasteiger partial charge in [-0.15, -0.1) is 11.3 Å². The van der Waals surface area contributed by atoms with E-state index in [1.54, 1.807) is 0 Å². The van der Waals surface area contributed by atoms with Gasteiger partial charge in [-0.25, -0.2) is 9.78 Å². The zero-order valence-corrected chi connectivity index (χ0v) is 17.9. The number of anilines is 1. The fraction of sp³-hybridized carbons (Fsp3) is 0.261. The summed E-state index contributed by atoms with van der Waals surface area (Å²) in [5, 5.41) is 7.84. The van der Waals surface area contributed by atoms with Crippen molar-refractivity contribution in [3.05, 3.63) is 71.6 Å². The van der Waals surface area contributed by atoms with Crippen molar-refractivity contribution in [1.29, 1.82) is 0 Å². The number of hydrogen-bond acceptors (Lipinski definition) is 6. The van der Waals surface area contributed by atoms with E-state index in [2.05, 4.69) is 15.6 Å². The molecule has 31 heavy (non-hydrogen) atoms. The van der Waals surface area contributed by atoms with Gasteiger partial charge in [-0.1, -0.05) is 60.7 Å². The van der Waals surface area contributed by atoms with Gasteiger partial charge in [0.2, 0.25) is 5.91 Å². The molecular weight excluding hydrogens is 412 g/mol. The van der Waals surface area contributed by atoms with Crippen molar-refractivity contribution in [1.82, 2.24) is 10.3 Å². The van der Waals surface area contributed by atoms with Crippen LogP contribution in [0.5, 0.6) is 0 Å². The van der Waals surface area contributed by atoms with Gasteiger partial charge in [-0.2, -0.15) is 0 Å². The van der Waals surface area contributed by atoms with Crippen LogP contribution < -0.4 is 16.4 Å². The molecule has 7 nitrogen and oxygen atoms in total. The Hall–Kier alpha value is -3.23. The minimum atomic E-state index is -0.737. The number of unbranched alkanes of at least 4 members (excludes halogenated alkanes) is 1.